The number of urea groups is 1. The number of piperidine rings is 1. The molecule has 0 spiro atoms. The molecular formula is C11H16N4O4. The molecule has 8 nitrogen and oxygen atoms in total. The Bertz CT molecular complexity index is 473. The highest BCUT2D eigenvalue weighted by molar-refractivity contribution is 5.76. The Balaban J connectivity index is 1.84. The lowest BCUT2D eigenvalue weighted by molar-refractivity contribution is -0.143. The van der Waals surface area contributed by atoms with Gasteiger partial charge in [-0.2, -0.15) is 4.98 Å². The highest BCUT2D eigenvalue weighted by atomic mass is 16.5. The normalized spacial score (nSPS) is 19.2. The third kappa shape index (κ3) is 3.43. The molecule has 2 heterocycles. The van der Waals surface area contributed by atoms with Gasteiger partial charge in [-0.1, -0.05) is 5.16 Å². The summed E-state index contributed by atoms with van der Waals surface area (Å²) >= 11 is 0. The molecule has 2 N–H and O–H groups in total. The zero-order valence-electron chi connectivity index (χ0n) is 10.6. The van der Waals surface area contributed by atoms with Gasteiger partial charge in [-0.05, 0) is 12.8 Å². The minimum atomic E-state index is -0.855. The van der Waals surface area contributed by atoms with Crippen LogP contribution in [0.15, 0.2) is 4.52 Å². The molecule has 1 aromatic heterocycles. The molecular weight excluding hydrogens is 252 g/mol. The summed E-state index contributed by atoms with van der Waals surface area (Å²) in [6.45, 7) is 2.65. The molecule has 1 aliphatic heterocycles. The molecule has 8 heteroatoms. The summed E-state index contributed by atoms with van der Waals surface area (Å²) in [5.41, 5.74) is 0. The predicted molar refractivity (Wildman–Crippen MR) is 63.2 cm³/mol. The van der Waals surface area contributed by atoms with Crippen LogP contribution in [0.3, 0.4) is 0 Å². The smallest absolute Gasteiger partial charge is 0.317 e. The summed E-state index contributed by atoms with van der Waals surface area (Å²) in [6, 6.07) is -0.298. The van der Waals surface area contributed by atoms with Crippen molar-refractivity contribution in [1.82, 2.24) is 20.4 Å². The quantitative estimate of drug-likeness (QED) is 0.820. The van der Waals surface area contributed by atoms with E-state index in [0.717, 1.165) is 0 Å². The second kappa shape index (κ2) is 5.68. The zero-order valence-corrected chi connectivity index (χ0v) is 10.6. The van der Waals surface area contributed by atoms with Gasteiger partial charge in [0.05, 0.1) is 12.5 Å². The van der Waals surface area contributed by atoms with E-state index >= 15 is 0 Å². The molecule has 0 bridgehead atoms. The molecule has 0 aliphatic carbocycles. The first-order valence-electron chi connectivity index (χ1n) is 6.11. The lowest BCUT2D eigenvalue weighted by Gasteiger charge is -2.30. The van der Waals surface area contributed by atoms with Crippen LogP contribution in [0, 0.1) is 12.8 Å². The summed E-state index contributed by atoms with van der Waals surface area (Å²) in [6.07, 6.45) is 1.31. The topological polar surface area (TPSA) is 109 Å². The van der Waals surface area contributed by atoms with E-state index in [4.69, 9.17) is 9.63 Å². The third-order valence-electron chi connectivity index (χ3n) is 3.03. The van der Waals surface area contributed by atoms with Crippen LogP contribution >= 0.6 is 0 Å². The molecule has 1 saturated heterocycles. The number of nitrogens with zero attached hydrogens (tertiary/aromatic N) is 3. The molecule has 1 atom stereocenters. The largest absolute Gasteiger partial charge is 0.481 e. The second-order valence-corrected chi connectivity index (χ2v) is 4.51. The molecule has 1 fully saturated rings. The molecule has 2 rings (SSSR count). The summed E-state index contributed by atoms with van der Waals surface area (Å²) < 4.78 is 4.79. The van der Waals surface area contributed by atoms with Gasteiger partial charge in [0.25, 0.3) is 0 Å². The molecule has 0 unspecified atom stereocenters. The molecule has 0 aromatic carbocycles. The van der Waals surface area contributed by atoms with Crippen molar-refractivity contribution in [3.05, 3.63) is 11.7 Å². The number of amides is 2. The Hall–Kier alpha value is -2.12. The van der Waals surface area contributed by atoms with Gasteiger partial charge in [0.2, 0.25) is 5.89 Å². The first kappa shape index (κ1) is 13.3. The van der Waals surface area contributed by atoms with Gasteiger partial charge < -0.3 is 19.8 Å². The second-order valence-electron chi connectivity index (χ2n) is 4.51. The van der Waals surface area contributed by atoms with E-state index in [9.17, 15) is 9.59 Å². The molecule has 1 aliphatic rings. The summed E-state index contributed by atoms with van der Waals surface area (Å²) in [5.74, 6) is -0.496. The van der Waals surface area contributed by atoms with Crippen molar-refractivity contribution in [2.75, 3.05) is 13.1 Å². The number of carbonyl (C=O) groups is 2. The van der Waals surface area contributed by atoms with Crippen molar-refractivity contribution in [2.45, 2.75) is 26.3 Å². The van der Waals surface area contributed by atoms with Crippen LogP contribution in [0.2, 0.25) is 0 Å². The fourth-order valence-electron chi connectivity index (χ4n) is 2.04. The molecule has 1 aromatic rings. The number of carboxylic acid groups (broad SMARTS) is 1. The summed E-state index contributed by atoms with van der Waals surface area (Å²) in [7, 11) is 0. The van der Waals surface area contributed by atoms with Crippen LogP contribution in [-0.2, 0) is 11.3 Å². The van der Waals surface area contributed by atoms with Crippen LogP contribution in [-0.4, -0.2) is 45.2 Å². The summed E-state index contributed by atoms with van der Waals surface area (Å²) in [5, 5.41) is 15.3. The number of hydrogen-bond donors (Lipinski definition) is 2. The van der Waals surface area contributed by atoms with Crippen molar-refractivity contribution in [2.24, 2.45) is 5.92 Å². The van der Waals surface area contributed by atoms with E-state index in [1.165, 1.54) is 4.90 Å². The van der Waals surface area contributed by atoms with E-state index in [1.807, 2.05) is 0 Å². The number of hydrogen-bond acceptors (Lipinski definition) is 5. The zero-order chi connectivity index (χ0) is 13.8. The fourth-order valence-corrected chi connectivity index (χ4v) is 2.04. The molecule has 0 saturated carbocycles. The standard InChI is InChI=1S/C11H16N4O4/c1-7-13-9(14-19-7)5-12-11(18)15-4-2-3-8(6-15)10(16)17/h8H,2-6H2,1H3,(H,12,18)(H,16,17)/t8-/m0/s1. The highest BCUT2D eigenvalue weighted by Gasteiger charge is 2.28. The van der Waals surface area contributed by atoms with Gasteiger partial charge in [-0.25, -0.2) is 4.79 Å². The maximum absolute atomic E-state index is 11.9. The highest BCUT2D eigenvalue weighted by Crippen LogP contribution is 2.16. The Labute approximate surface area is 109 Å². The Kier molecular flexibility index (Phi) is 3.98. The average molecular weight is 268 g/mol. The van der Waals surface area contributed by atoms with Crippen LogP contribution in [0.5, 0.6) is 0 Å². The first-order chi connectivity index (χ1) is 9.06. The third-order valence-corrected chi connectivity index (χ3v) is 3.03. The van der Waals surface area contributed by atoms with Crippen LogP contribution in [0.1, 0.15) is 24.6 Å². The molecule has 0 radical (unpaired) electrons. The fraction of sp³-hybridized carbons (Fsp3) is 0.636. The predicted octanol–water partition coefficient (Wildman–Crippen LogP) is 0.384. The van der Waals surface area contributed by atoms with E-state index < -0.39 is 11.9 Å². The van der Waals surface area contributed by atoms with Crippen molar-refractivity contribution >= 4 is 12.0 Å². The molecule has 2 amide bonds. The van der Waals surface area contributed by atoms with Crippen molar-refractivity contribution < 1.29 is 19.2 Å². The lowest BCUT2D eigenvalue weighted by atomic mass is 9.99. The summed E-state index contributed by atoms with van der Waals surface area (Å²) in [4.78, 5) is 28.3. The van der Waals surface area contributed by atoms with Crippen molar-refractivity contribution in [1.29, 1.82) is 0 Å². The molecule has 104 valence electrons. The maximum Gasteiger partial charge on any atom is 0.317 e. The van der Waals surface area contributed by atoms with Gasteiger partial charge >= 0.3 is 12.0 Å². The minimum absolute atomic E-state index is 0.171. The SMILES string of the molecule is Cc1nc(CNC(=O)N2CCC[C@H](C(=O)O)C2)no1. The Morgan fingerprint density at radius 1 is 1.58 bits per heavy atom. The first-order valence-corrected chi connectivity index (χ1v) is 6.11. The lowest BCUT2D eigenvalue weighted by Crippen LogP contribution is -2.46. The van der Waals surface area contributed by atoms with Crippen molar-refractivity contribution in [3.8, 4) is 0 Å². The maximum atomic E-state index is 11.9. The van der Waals surface area contributed by atoms with E-state index in [0.29, 0.717) is 31.1 Å². The van der Waals surface area contributed by atoms with Gasteiger partial charge in [0, 0.05) is 20.0 Å². The monoisotopic (exact) mass is 268 g/mol. The van der Waals surface area contributed by atoms with E-state index in [-0.39, 0.29) is 19.1 Å². The van der Waals surface area contributed by atoms with Crippen LogP contribution < -0.4 is 5.32 Å². The molecule has 19 heavy (non-hydrogen) atoms. The van der Waals surface area contributed by atoms with E-state index in [1.54, 1.807) is 6.92 Å². The van der Waals surface area contributed by atoms with Crippen LogP contribution in [0.4, 0.5) is 4.79 Å². The number of aromatic nitrogens is 2. The van der Waals surface area contributed by atoms with Crippen LogP contribution in [0.25, 0.3) is 0 Å². The number of nitrogens with one attached hydrogen (secondary N) is 1. The number of likely N-dealkylation sites (tertiary alicyclic amines) is 1. The van der Waals surface area contributed by atoms with Gasteiger partial charge in [0.1, 0.15) is 0 Å². The number of carboxylic acids is 1. The minimum Gasteiger partial charge on any atom is -0.481 e. The van der Waals surface area contributed by atoms with Crippen molar-refractivity contribution in [3.63, 3.8) is 0 Å². The van der Waals surface area contributed by atoms with Gasteiger partial charge in [-0.15, -0.1) is 0 Å². The van der Waals surface area contributed by atoms with E-state index in [2.05, 4.69) is 15.5 Å². The van der Waals surface area contributed by atoms with Gasteiger partial charge in [-0.3, -0.25) is 4.79 Å². The van der Waals surface area contributed by atoms with Gasteiger partial charge in [0.15, 0.2) is 5.82 Å². The Morgan fingerprint density at radius 2 is 2.37 bits per heavy atom. The number of carbonyl (C=O) groups excluding carboxylic acids is 1. The number of aryl methyl sites for hydroxylation is 1. The number of aliphatic carboxylic acids is 1. The average Bonchev–Trinajstić information content (AvgIpc) is 2.82. The Morgan fingerprint density at radius 3 is 3.00 bits per heavy atom. The number of rotatable bonds is 3.